The number of carbonyl (C=O) groups is 2. The van der Waals surface area contributed by atoms with Crippen LogP contribution >= 0.6 is 0 Å². The van der Waals surface area contributed by atoms with Gasteiger partial charge < -0.3 is 15.5 Å². The van der Waals surface area contributed by atoms with Crippen LogP contribution in [0.15, 0.2) is 24.3 Å². The predicted molar refractivity (Wildman–Crippen MR) is 74.1 cm³/mol. The summed E-state index contributed by atoms with van der Waals surface area (Å²) in [7, 11) is 3.41. The molecule has 1 aromatic rings. The van der Waals surface area contributed by atoms with E-state index in [1.807, 2.05) is 0 Å². The maximum absolute atomic E-state index is 12.0. The van der Waals surface area contributed by atoms with Crippen LogP contribution in [0, 0.1) is 0 Å². The lowest BCUT2D eigenvalue weighted by atomic mass is 10.1. The third-order valence-electron chi connectivity index (χ3n) is 3.16. The quantitative estimate of drug-likeness (QED) is 0.856. The molecule has 2 rings (SSSR count). The molecular formula is C14H19N3O2. The van der Waals surface area contributed by atoms with Crippen LogP contribution in [0.2, 0.25) is 0 Å². The van der Waals surface area contributed by atoms with E-state index in [1.54, 1.807) is 38.4 Å². The molecule has 1 saturated heterocycles. The lowest BCUT2D eigenvalue weighted by Gasteiger charge is -2.13. The molecule has 2 amide bonds. The lowest BCUT2D eigenvalue weighted by Crippen LogP contribution is -2.35. The Labute approximate surface area is 113 Å². The minimum absolute atomic E-state index is 0.0352. The third-order valence-corrected chi connectivity index (χ3v) is 3.16. The normalized spacial score (nSPS) is 18.1. The van der Waals surface area contributed by atoms with Crippen molar-refractivity contribution in [1.29, 1.82) is 0 Å². The SMILES string of the molecule is CN(C)C(=O)c1cccc(NC(=O)[C@@H]2CCCN2)c1. The fourth-order valence-corrected chi connectivity index (χ4v) is 2.13. The van der Waals surface area contributed by atoms with E-state index < -0.39 is 0 Å². The summed E-state index contributed by atoms with van der Waals surface area (Å²) in [5, 5.41) is 5.99. The van der Waals surface area contributed by atoms with Gasteiger partial charge in [0.25, 0.3) is 5.91 Å². The molecule has 1 atom stereocenters. The minimum Gasteiger partial charge on any atom is -0.345 e. The van der Waals surface area contributed by atoms with Crippen LogP contribution in [0.1, 0.15) is 23.2 Å². The van der Waals surface area contributed by atoms with Crippen LogP contribution in [-0.4, -0.2) is 43.4 Å². The molecule has 0 saturated carbocycles. The smallest absolute Gasteiger partial charge is 0.253 e. The molecule has 19 heavy (non-hydrogen) atoms. The molecule has 0 bridgehead atoms. The number of hydrogen-bond acceptors (Lipinski definition) is 3. The second-order valence-corrected chi connectivity index (χ2v) is 4.92. The number of nitrogens with zero attached hydrogens (tertiary/aromatic N) is 1. The number of hydrogen-bond donors (Lipinski definition) is 2. The van der Waals surface area contributed by atoms with Crippen LogP contribution < -0.4 is 10.6 Å². The summed E-state index contributed by atoms with van der Waals surface area (Å²) in [6, 6.07) is 6.89. The number of amides is 2. The maximum atomic E-state index is 12.0. The van der Waals surface area contributed by atoms with E-state index in [1.165, 1.54) is 4.90 Å². The first-order chi connectivity index (χ1) is 9.08. The standard InChI is InChI=1S/C14H19N3O2/c1-17(2)14(19)10-5-3-6-11(9-10)16-13(18)12-7-4-8-15-12/h3,5-6,9,12,15H,4,7-8H2,1-2H3,(H,16,18)/t12-/m0/s1. The van der Waals surface area contributed by atoms with E-state index in [-0.39, 0.29) is 17.9 Å². The fraction of sp³-hybridized carbons (Fsp3) is 0.429. The molecular weight excluding hydrogens is 242 g/mol. The first kappa shape index (κ1) is 13.5. The topological polar surface area (TPSA) is 61.4 Å². The van der Waals surface area contributed by atoms with Crippen LogP contribution in [0.5, 0.6) is 0 Å². The second kappa shape index (κ2) is 5.84. The first-order valence-electron chi connectivity index (χ1n) is 6.44. The maximum Gasteiger partial charge on any atom is 0.253 e. The second-order valence-electron chi connectivity index (χ2n) is 4.92. The predicted octanol–water partition coefficient (Wildman–Crippen LogP) is 1.08. The summed E-state index contributed by atoms with van der Waals surface area (Å²) < 4.78 is 0. The summed E-state index contributed by atoms with van der Waals surface area (Å²) in [4.78, 5) is 25.3. The number of rotatable bonds is 3. The average molecular weight is 261 g/mol. The van der Waals surface area contributed by atoms with Crippen LogP contribution in [-0.2, 0) is 4.79 Å². The monoisotopic (exact) mass is 261 g/mol. The molecule has 5 heteroatoms. The summed E-state index contributed by atoms with van der Waals surface area (Å²) in [6.45, 7) is 0.886. The van der Waals surface area contributed by atoms with Gasteiger partial charge in [-0.15, -0.1) is 0 Å². The van der Waals surface area contributed by atoms with Crippen LogP contribution in [0.4, 0.5) is 5.69 Å². The highest BCUT2D eigenvalue weighted by molar-refractivity contribution is 5.98. The van der Waals surface area contributed by atoms with Gasteiger partial charge in [0, 0.05) is 25.3 Å². The van der Waals surface area contributed by atoms with Gasteiger partial charge in [-0.1, -0.05) is 6.07 Å². The molecule has 1 heterocycles. The number of carbonyl (C=O) groups excluding carboxylic acids is 2. The average Bonchev–Trinajstić information content (AvgIpc) is 2.92. The Morgan fingerprint density at radius 1 is 1.37 bits per heavy atom. The highest BCUT2D eigenvalue weighted by Gasteiger charge is 2.22. The molecule has 102 valence electrons. The van der Waals surface area contributed by atoms with Crippen molar-refractivity contribution in [2.24, 2.45) is 0 Å². The van der Waals surface area contributed by atoms with E-state index in [4.69, 9.17) is 0 Å². The molecule has 0 spiro atoms. The fourth-order valence-electron chi connectivity index (χ4n) is 2.13. The molecule has 1 aliphatic rings. The summed E-state index contributed by atoms with van der Waals surface area (Å²) in [5.41, 5.74) is 1.23. The highest BCUT2D eigenvalue weighted by atomic mass is 16.2. The van der Waals surface area contributed by atoms with E-state index in [9.17, 15) is 9.59 Å². The van der Waals surface area contributed by atoms with Crippen molar-refractivity contribution < 1.29 is 9.59 Å². The number of nitrogens with one attached hydrogen (secondary N) is 2. The Bertz CT molecular complexity index is 479. The minimum atomic E-state index is -0.117. The van der Waals surface area contributed by atoms with Gasteiger partial charge in [-0.2, -0.15) is 0 Å². The van der Waals surface area contributed by atoms with E-state index in [0.717, 1.165) is 19.4 Å². The Hall–Kier alpha value is -1.88. The van der Waals surface area contributed by atoms with E-state index in [0.29, 0.717) is 11.3 Å². The Balaban J connectivity index is 2.06. The Morgan fingerprint density at radius 2 is 2.16 bits per heavy atom. The highest BCUT2D eigenvalue weighted by Crippen LogP contribution is 2.14. The summed E-state index contributed by atoms with van der Waals surface area (Å²) in [5.74, 6) is -0.109. The zero-order chi connectivity index (χ0) is 13.8. The number of anilines is 1. The molecule has 1 aliphatic heterocycles. The molecule has 1 aromatic carbocycles. The van der Waals surface area contributed by atoms with Crippen molar-refractivity contribution in [2.45, 2.75) is 18.9 Å². The van der Waals surface area contributed by atoms with Crippen LogP contribution in [0.3, 0.4) is 0 Å². The Morgan fingerprint density at radius 3 is 2.79 bits per heavy atom. The molecule has 1 fully saturated rings. The van der Waals surface area contributed by atoms with Gasteiger partial charge >= 0.3 is 0 Å². The van der Waals surface area contributed by atoms with Gasteiger partial charge in [0.15, 0.2) is 0 Å². The molecule has 0 aromatic heterocycles. The summed E-state index contributed by atoms with van der Waals surface area (Å²) >= 11 is 0. The lowest BCUT2D eigenvalue weighted by molar-refractivity contribution is -0.117. The largest absolute Gasteiger partial charge is 0.345 e. The van der Waals surface area contributed by atoms with Crippen molar-refractivity contribution in [3.63, 3.8) is 0 Å². The van der Waals surface area contributed by atoms with Crippen molar-refractivity contribution in [2.75, 3.05) is 26.0 Å². The van der Waals surface area contributed by atoms with Crippen LogP contribution in [0.25, 0.3) is 0 Å². The van der Waals surface area contributed by atoms with Gasteiger partial charge in [-0.25, -0.2) is 0 Å². The van der Waals surface area contributed by atoms with Crippen molar-refractivity contribution in [3.8, 4) is 0 Å². The van der Waals surface area contributed by atoms with Gasteiger partial charge in [-0.05, 0) is 37.6 Å². The zero-order valence-electron chi connectivity index (χ0n) is 11.3. The molecule has 0 unspecified atom stereocenters. The van der Waals surface area contributed by atoms with E-state index in [2.05, 4.69) is 10.6 Å². The van der Waals surface area contributed by atoms with Gasteiger partial charge in [0.2, 0.25) is 5.91 Å². The molecule has 0 aliphatic carbocycles. The van der Waals surface area contributed by atoms with Gasteiger partial charge in [-0.3, -0.25) is 9.59 Å². The Kier molecular flexibility index (Phi) is 4.16. The third kappa shape index (κ3) is 3.32. The molecule has 2 N–H and O–H groups in total. The zero-order valence-corrected chi connectivity index (χ0v) is 11.3. The molecule has 5 nitrogen and oxygen atoms in total. The van der Waals surface area contributed by atoms with Crippen molar-refractivity contribution in [3.05, 3.63) is 29.8 Å². The number of benzene rings is 1. The molecule has 0 radical (unpaired) electrons. The van der Waals surface area contributed by atoms with Gasteiger partial charge in [0.1, 0.15) is 0 Å². The van der Waals surface area contributed by atoms with Crippen molar-refractivity contribution >= 4 is 17.5 Å². The van der Waals surface area contributed by atoms with Crippen molar-refractivity contribution in [1.82, 2.24) is 10.2 Å². The first-order valence-corrected chi connectivity index (χ1v) is 6.44. The van der Waals surface area contributed by atoms with Gasteiger partial charge in [0.05, 0.1) is 6.04 Å². The summed E-state index contributed by atoms with van der Waals surface area (Å²) in [6.07, 6.45) is 1.89. The van der Waals surface area contributed by atoms with E-state index >= 15 is 0 Å².